The van der Waals surface area contributed by atoms with E-state index < -0.39 is 35.8 Å². The number of nitrogens with zero attached hydrogens (tertiary/aromatic N) is 2. The Morgan fingerprint density at radius 2 is 1.70 bits per heavy atom. The minimum absolute atomic E-state index is 0.157. The lowest BCUT2D eigenvalue weighted by molar-refractivity contribution is -0.139. The minimum Gasteiger partial charge on any atom is -0.365 e. The second-order valence-electron chi connectivity index (χ2n) is 7.18. The van der Waals surface area contributed by atoms with Crippen molar-refractivity contribution in [1.29, 1.82) is 0 Å². The van der Waals surface area contributed by atoms with Gasteiger partial charge in [-0.15, -0.1) is 0 Å². The van der Waals surface area contributed by atoms with E-state index in [2.05, 4.69) is 25.9 Å². The van der Waals surface area contributed by atoms with Crippen molar-refractivity contribution in [3.63, 3.8) is 0 Å². The van der Waals surface area contributed by atoms with E-state index in [0.29, 0.717) is 23.1 Å². The Bertz CT molecular complexity index is 1210. The van der Waals surface area contributed by atoms with Crippen LogP contribution in [-0.2, 0) is 30.1 Å². The van der Waals surface area contributed by atoms with E-state index in [-0.39, 0.29) is 23.8 Å². The Hall–Kier alpha value is -3.83. The molecule has 12 heteroatoms. The van der Waals surface area contributed by atoms with Crippen LogP contribution in [0.15, 0.2) is 48.7 Å². The second-order valence-corrected chi connectivity index (χ2v) is 7.18. The van der Waals surface area contributed by atoms with E-state index in [1.807, 2.05) is 0 Å². The van der Waals surface area contributed by atoms with Gasteiger partial charge in [0.15, 0.2) is 0 Å². The molecule has 0 fully saturated rings. The number of benzene rings is 2. The standard InChI is InChI=1S/C21H15F6N5O/c22-20(23,24)14-4-2-1-3-11(14)9-28-18-15(21(25,26)27)10-29-19(32-18)30-13-5-6-16-12(7-13)8-17(33)31-16/h1-7,10H,8-9H2,(H,31,33)(H2,28,29,30,32). The molecule has 0 saturated carbocycles. The summed E-state index contributed by atoms with van der Waals surface area (Å²) in [5.74, 6) is -1.06. The average molecular weight is 467 g/mol. The highest BCUT2D eigenvalue weighted by Crippen LogP contribution is 2.36. The number of rotatable bonds is 5. The molecule has 1 aliphatic heterocycles. The number of carbonyl (C=O) groups excluding carboxylic acids is 1. The number of aromatic nitrogens is 2. The smallest absolute Gasteiger partial charge is 0.365 e. The number of hydrogen-bond donors (Lipinski definition) is 3. The summed E-state index contributed by atoms with van der Waals surface area (Å²) in [7, 11) is 0. The molecule has 2 aromatic carbocycles. The highest BCUT2D eigenvalue weighted by Gasteiger charge is 2.36. The molecule has 3 N–H and O–H groups in total. The van der Waals surface area contributed by atoms with Crippen LogP contribution in [0.1, 0.15) is 22.3 Å². The fourth-order valence-corrected chi connectivity index (χ4v) is 3.35. The summed E-state index contributed by atoms with van der Waals surface area (Å²) in [5.41, 5.74) is -0.662. The first-order chi connectivity index (χ1) is 15.5. The van der Waals surface area contributed by atoms with Crippen molar-refractivity contribution in [2.75, 3.05) is 16.0 Å². The first-order valence-electron chi connectivity index (χ1n) is 9.54. The molecule has 3 aromatic rings. The van der Waals surface area contributed by atoms with Crippen LogP contribution in [0.4, 0.5) is 49.5 Å². The molecular formula is C21H15F6N5O. The Labute approximate surface area is 183 Å². The molecule has 1 amide bonds. The Morgan fingerprint density at radius 1 is 0.970 bits per heavy atom. The molecule has 0 radical (unpaired) electrons. The number of amides is 1. The first kappa shape index (κ1) is 22.4. The SMILES string of the molecule is O=C1Cc2cc(Nc3ncc(C(F)(F)F)c(NCc4ccccc4C(F)(F)F)n3)ccc2N1. The lowest BCUT2D eigenvalue weighted by Gasteiger charge is -2.17. The fraction of sp³-hybridized carbons (Fsp3) is 0.190. The van der Waals surface area contributed by atoms with Crippen LogP contribution >= 0.6 is 0 Å². The molecule has 1 aromatic heterocycles. The highest BCUT2D eigenvalue weighted by atomic mass is 19.4. The zero-order valence-corrected chi connectivity index (χ0v) is 16.6. The Kier molecular flexibility index (Phi) is 5.60. The fourth-order valence-electron chi connectivity index (χ4n) is 3.35. The maximum absolute atomic E-state index is 13.4. The summed E-state index contributed by atoms with van der Waals surface area (Å²) in [6.45, 7) is -0.540. The van der Waals surface area contributed by atoms with Crippen LogP contribution in [0.5, 0.6) is 0 Å². The van der Waals surface area contributed by atoms with Gasteiger partial charge in [0.2, 0.25) is 11.9 Å². The van der Waals surface area contributed by atoms with Gasteiger partial charge in [0.25, 0.3) is 0 Å². The molecule has 0 atom stereocenters. The third-order valence-corrected chi connectivity index (χ3v) is 4.85. The molecule has 0 unspecified atom stereocenters. The van der Waals surface area contributed by atoms with Gasteiger partial charge < -0.3 is 16.0 Å². The molecule has 0 saturated heterocycles. The van der Waals surface area contributed by atoms with Gasteiger partial charge in [-0.2, -0.15) is 31.3 Å². The second kappa shape index (κ2) is 8.26. The van der Waals surface area contributed by atoms with E-state index in [4.69, 9.17) is 0 Å². The van der Waals surface area contributed by atoms with Gasteiger partial charge in [0, 0.05) is 24.1 Å². The van der Waals surface area contributed by atoms with E-state index >= 15 is 0 Å². The van der Waals surface area contributed by atoms with E-state index in [1.165, 1.54) is 18.2 Å². The van der Waals surface area contributed by atoms with Gasteiger partial charge >= 0.3 is 12.4 Å². The summed E-state index contributed by atoms with van der Waals surface area (Å²) in [6.07, 6.45) is -8.78. The molecule has 2 heterocycles. The predicted molar refractivity (Wildman–Crippen MR) is 108 cm³/mol. The van der Waals surface area contributed by atoms with Gasteiger partial charge in [-0.3, -0.25) is 4.79 Å². The Morgan fingerprint density at radius 3 is 2.42 bits per heavy atom. The monoisotopic (exact) mass is 467 g/mol. The lowest BCUT2D eigenvalue weighted by Crippen LogP contribution is -2.16. The minimum atomic E-state index is -4.83. The molecule has 0 spiro atoms. The summed E-state index contributed by atoms with van der Waals surface area (Å²) < 4.78 is 79.9. The zero-order chi connectivity index (χ0) is 23.8. The molecule has 0 bridgehead atoms. The molecule has 4 rings (SSSR count). The topological polar surface area (TPSA) is 78.9 Å². The van der Waals surface area contributed by atoms with Crippen molar-refractivity contribution in [3.8, 4) is 0 Å². The largest absolute Gasteiger partial charge is 0.421 e. The predicted octanol–water partition coefficient (Wildman–Crippen LogP) is 5.36. The van der Waals surface area contributed by atoms with Gasteiger partial charge in [-0.1, -0.05) is 18.2 Å². The third-order valence-electron chi connectivity index (χ3n) is 4.85. The van der Waals surface area contributed by atoms with Crippen molar-refractivity contribution in [2.45, 2.75) is 25.3 Å². The normalized spacial score (nSPS) is 13.5. The van der Waals surface area contributed by atoms with Gasteiger partial charge in [-0.25, -0.2) is 4.98 Å². The highest BCUT2D eigenvalue weighted by molar-refractivity contribution is 5.99. The van der Waals surface area contributed by atoms with Crippen LogP contribution in [-0.4, -0.2) is 15.9 Å². The van der Waals surface area contributed by atoms with Crippen molar-refractivity contribution < 1.29 is 31.1 Å². The third kappa shape index (κ3) is 4.99. The number of alkyl halides is 6. The molecular weight excluding hydrogens is 452 g/mol. The number of anilines is 4. The summed E-state index contributed by atoms with van der Waals surface area (Å²) in [4.78, 5) is 19.0. The van der Waals surface area contributed by atoms with E-state index in [0.717, 1.165) is 6.07 Å². The average Bonchev–Trinajstić information content (AvgIpc) is 3.10. The van der Waals surface area contributed by atoms with Gasteiger partial charge in [0.05, 0.1) is 12.0 Å². The molecule has 6 nitrogen and oxygen atoms in total. The van der Waals surface area contributed by atoms with Gasteiger partial charge in [0.1, 0.15) is 11.4 Å². The van der Waals surface area contributed by atoms with Crippen molar-refractivity contribution >= 4 is 29.0 Å². The van der Waals surface area contributed by atoms with Crippen LogP contribution < -0.4 is 16.0 Å². The summed E-state index contributed by atoms with van der Waals surface area (Å²) in [5, 5.41) is 7.77. The van der Waals surface area contributed by atoms with Crippen LogP contribution in [0.25, 0.3) is 0 Å². The van der Waals surface area contributed by atoms with E-state index in [9.17, 15) is 31.1 Å². The first-order valence-corrected chi connectivity index (χ1v) is 9.54. The van der Waals surface area contributed by atoms with Crippen LogP contribution in [0.2, 0.25) is 0 Å². The van der Waals surface area contributed by atoms with Gasteiger partial charge in [-0.05, 0) is 35.4 Å². The number of fused-ring (bicyclic) bond motifs is 1. The Balaban J connectivity index is 1.60. The maximum Gasteiger partial charge on any atom is 0.421 e. The summed E-state index contributed by atoms with van der Waals surface area (Å²) >= 11 is 0. The number of hydrogen-bond acceptors (Lipinski definition) is 5. The van der Waals surface area contributed by atoms with Crippen LogP contribution in [0.3, 0.4) is 0 Å². The number of nitrogens with one attached hydrogen (secondary N) is 3. The zero-order valence-electron chi connectivity index (χ0n) is 16.6. The van der Waals surface area contributed by atoms with Crippen LogP contribution in [0, 0.1) is 0 Å². The van der Waals surface area contributed by atoms with Crippen molar-refractivity contribution in [2.24, 2.45) is 0 Å². The van der Waals surface area contributed by atoms with Crippen molar-refractivity contribution in [3.05, 3.63) is 70.9 Å². The molecule has 1 aliphatic rings. The number of carbonyl (C=O) groups is 1. The number of halogens is 6. The lowest BCUT2D eigenvalue weighted by atomic mass is 10.1. The molecule has 33 heavy (non-hydrogen) atoms. The van der Waals surface area contributed by atoms with E-state index in [1.54, 1.807) is 18.2 Å². The molecule has 172 valence electrons. The summed E-state index contributed by atoms with van der Waals surface area (Å²) in [6, 6.07) is 9.40. The van der Waals surface area contributed by atoms with Crippen molar-refractivity contribution in [1.82, 2.24) is 9.97 Å². The quantitative estimate of drug-likeness (QED) is 0.440. The molecule has 0 aliphatic carbocycles. The maximum atomic E-state index is 13.4.